The van der Waals surface area contributed by atoms with Gasteiger partial charge in [0.2, 0.25) is 17.7 Å². The molecule has 3 heterocycles. The monoisotopic (exact) mass is 441 g/mol. The second-order valence-electron chi connectivity index (χ2n) is 8.34. The van der Waals surface area contributed by atoms with Gasteiger partial charge in [0.25, 0.3) is 0 Å². The fourth-order valence-electron chi connectivity index (χ4n) is 4.00. The Morgan fingerprint density at radius 1 is 1.13 bits per heavy atom. The lowest BCUT2D eigenvalue weighted by molar-refractivity contribution is -0.131. The molecule has 0 unspecified atom stereocenters. The molecule has 1 aromatic carbocycles. The fourth-order valence-corrected chi connectivity index (χ4v) is 4.19. The minimum Gasteiger partial charge on any atom is -0.391 e. The van der Waals surface area contributed by atoms with Crippen molar-refractivity contribution in [3.63, 3.8) is 0 Å². The number of anilines is 1. The van der Waals surface area contributed by atoms with Crippen LogP contribution in [0.1, 0.15) is 37.8 Å². The number of hydrogen-bond donors (Lipinski definition) is 0. The summed E-state index contributed by atoms with van der Waals surface area (Å²) >= 11 is 6.03. The molecule has 0 spiro atoms. The zero-order valence-corrected chi connectivity index (χ0v) is 18.3. The van der Waals surface area contributed by atoms with E-state index in [0.29, 0.717) is 43.1 Å². The van der Waals surface area contributed by atoms with E-state index < -0.39 is 6.09 Å². The van der Waals surface area contributed by atoms with E-state index in [1.165, 1.54) is 17.2 Å². The van der Waals surface area contributed by atoms with Crippen molar-refractivity contribution in [1.82, 2.24) is 9.88 Å². The van der Waals surface area contributed by atoms with Crippen molar-refractivity contribution in [3.05, 3.63) is 52.7 Å². The van der Waals surface area contributed by atoms with Gasteiger partial charge in [0.1, 0.15) is 0 Å². The number of benzene rings is 1. The van der Waals surface area contributed by atoms with E-state index in [-0.39, 0.29) is 29.5 Å². The summed E-state index contributed by atoms with van der Waals surface area (Å²) in [5.41, 5.74) is 2.56. The molecule has 2 aliphatic rings. The SMILES string of the molecule is CC(C)C1CC(=O)N(c2ccc(OC(=O)N3CCc4cc(Cl)ccc4C3)nc2)C(=O)C1. The third kappa shape index (κ3) is 4.56. The predicted molar refractivity (Wildman–Crippen MR) is 116 cm³/mol. The molecule has 4 rings (SSSR count). The molecule has 31 heavy (non-hydrogen) atoms. The zero-order chi connectivity index (χ0) is 22.1. The van der Waals surface area contributed by atoms with Gasteiger partial charge in [0.15, 0.2) is 0 Å². The smallest absolute Gasteiger partial charge is 0.391 e. The number of amides is 3. The van der Waals surface area contributed by atoms with E-state index in [2.05, 4.69) is 4.98 Å². The van der Waals surface area contributed by atoms with Crippen molar-refractivity contribution in [1.29, 1.82) is 0 Å². The summed E-state index contributed by atoms with van der Waals surface area (Å²) in [7, 11) is 0. The van der Waals surface area contributed by atoms with Gasteiger partial charge >= 0.3 is 6.09 Å². The van der Waals surface area contributed by atoms with Gasteiger partial charge in [-0.15, -0.1) is 0 Å². The molecule has 0 aliphatic carbocycles. The van der Waals surface area contributed by atoms with Gasteiger partial charge < -0.3 is 9.64 Å². The highest BCUT2D eigenvalue weighted by Crippen LogP contribution is 2.30. The number of rotatable bonds is 3. The van der Waals surface area contributed by atoms with Gasteiger partial charge in [-0.05, 0) is 47.6 Å². The molecule has 0 N–H and O–H groups in total. The molecule has 0 atom stereocenters. The Kier molecular flexibility index (Phi) is 5.96. The first-order valence-electron chi connectivity index (χ1n) is 10.4. The number of halogens is 1. The number of piperidine rings is 1. The van der Waals surface area contributed by atoms with Crippen LogP contribution in [0, 0.1) is 11.8 Å². The van der Waals surface area contributed by atoms with Crippen LogP contribution in [0.2, 0.25) is 5.02 Å². The minimum atomic E-state index is -0.495. The molecule has 8 heteroatoms. The maximum atomic E-state index is 12.6. The number of imide groups is 1. The Balaban J connectivity index is 1.40. The van der Waals surface area contributed by atoms with Crippen molar-refractivity contribution < 1.29 is 19.1 Å². The van der Waals surface area contributed by atoms with Crippen LogP contribution in [0.5, 0.6) is 5.88 Å². The lowest BCUT2D eigenvalue weighted by Gasteiger charge is -2.31. The van der Waals surface area contributed by atoms with Crippen LogP contribution in [0.15, 0.2) is 36.5 Å². The number of hydrogen-bond acceptors (Lipinski definition) is 5. The van der Waals surface area contributed by atoms with Crippen molar-refractivity contribution in [2.24, 2.45) is 11.8 Å². The lowest BCUT2D eigenvalue weighted by Crippen LogP contribution is -2.44. The molecule has 0 saturated carbocycles. The number of ether oxygens (including phenoxy) is 1. The van der Waals surface area contributed by atoms with E-state index in [4.69, 9.17) is 16.3 Å². The van der Waals surface area contributed by atoms with Crippen LogP contribution in [-0.4, -0.2) is 34.3 Å². The molecule has 7 nitrogen and oxygen atoms in total. The lowest BCUT2D eigenvalue weighted by atomic mass is 9.86. The van der Waals surface area contributed by atoms with E-state index >= 15 is 0 Å². The molecule has 1 aromatic heterocycles. The topological polar surface area (TPSA) is 79.8 Å². The van der Waals surface area contributed by atoms with E-state index in [0.717, 1.165) is 11.1 Å². The quantitative estimate of drug-likeness (QED) is 0.666. The number of fused-ring (bicyclic) bond motifs is 1. The Morgan fingerprint density at radius 2 is 1.87 bits per heavy atom. The van der Waals surface area contributed by atoms with Crippen molar-refractivity contribution in [2.75, 3.05) is 11.4 Å². The molecule has 2 aliphatic heterocycles. The van der Waals surface area contributed by atoms with Crippen molar-refractivity contribution >= 4 is 35.2 Å². The summed E-state index contributed by atoms with van der Waals surface area (Å²) in [6.45, 7) is 5.00. The van der Waals surface area contributed by atoms with Gasteiger partial charge in [0, 0.05) is 37.0 Å². The van der Waals surface area contributed by atoms with Gasteiger partial charge in [0.05, 0.1) is 11.9 Å². The molecule has 3 amide bonds. The second kappa shape index (κ2) is 8.67. The molecule has 0 radical (unpaired) electrons. The number of carbonyl (C=O) groups excluding carboxylic acids is 3. The minimum absolute atomic E-state index is 0.0649. The first kappa shape index (κ1) is 21.3. The maximum absolute atomic E-state index is 12.6. The standard InChI is InChI=1S/C23H24ClN3O4/c1-14(2)17-10-21(28)27(22(29)11-17)19-5-6-20(25-12-19)31-23(30)26-8-7-15-9-18(24)4-3-16(15)13-26/h3-6,9,12,14,17H,7-8,10-11,13H2,1-2H3. The average Bonchev–Trinajstić information content (AvgIpc) is 2.74. The summed E-state index contributed by atoms with van der Waals surface area (Å²) in [5, 5.41) is 0.685. The van der Waals surface area contributed by atoms with Crippen molar-refractivity contribution in [3.8, 4) is 5.88 Å². The van der Waals surface area contributed by atoms with Crippen molar-refractivity contribution in [2.45, 2.75) is 39.7 Å². The molecule has 1 saturated heterocycles. The second-order valence-corrected chi connectivity index (χ2v) is 8.78. The van der Waals surface area contributed by atoms with E-state index in [9.17, 15) is 14.4 Å². The van der Waals surface area contributed by atoms with Crippen LogP contribution in [0.25, 0.3) is 0 Å². The first-order valence-corrected chi connectivity index (χ1v) is 10.8. The van der Waals surface area contributed by atoms with Crippen LogP contribution in [0.4, 0.5) is 10.5 Å². The normalized spacial score (nSPS) is 17.2. The third-order valence-corrected chi connectivity index (χ3v) is 6.16. The highest BCUT2D eigenvalue weighted by atomic mass is 35.5. The number of pyridine rings is 1. The molecule has 1 fully saturated rings. The molecule has 162 valence electrons. The summed E-state index contributed by atoms with van der Waals surface area (Å²) in [4.78, 5) is 44.4. The van der Waals surface area contributed by atoms with Crippen LogP contribution in [0.3, 0.4) is 0 Å². The van der Waals surface area contributed by atoms with Crippen LogP contribution in [-0.2, 0) is 22.6 Å². The molecule has 0 bridgehead atoms. The number of aromatic nitrogens is 1. The van der Waals surface area contributed by atoms with E-state index in [1.54, 1.807) is 11.0 Å². The van der Waals surface area contributed by atoms with Gasteiger partial charge in [-0.2, -0.15) is 0 Å². The Labute approximate surface area is 185 Å². The predicted octanol–water partition coefficient (Wildman–Crippen LogP) is 4.22. The number of carbonyl (C=O) groups is 3. The average molecular weight is 442 g/mol. The Hall–Kier alpha value is -2.93. The molecular weight excluding hydrogens is 418 g/mol. The van der Waals surface area contributed by atoms with Crippen LogP contribution >= 0.6 is 11.6 Å². The zero-order valence-electron chi connectivity index (χ0n) is 17.5. The summed E-state index contributed by atoms with van der Waals surface area (Å²) < 4.78 is 5.40. The molecular formula is C23H24ClN3O4. The summed E-state index contributed by atoms with van der Waals surface area (Å²) in [5.74, 6) is -0.00128. The van der Waals surface area contributed by atoms with Gasteiger partial charge in [-0.25, -0.2) is 14.7 Å². The number of nitrogens with zero attached hydrogens (tertiary/aromatic N) is 3. The first-order chi connectivity index (χ1) is 14.8. The maximum Gasteiger partial charge on any atom is 0.416 e. The molecule has 2 aromatic rings. The highest BCUT2D eigenvalue weighted by Gasteiger charge is 2.35. The Bertz CT molecular complexity index is 1000. The summed E-state index contributed by atoms with van der Waals surface area (Å²) in [6, 6.07) is 8.73. The summed E-state index contributed by atoms with van der Waals surface area (Å²) in [6.07, 6.45) is 2.27. The Morgan fingerprint density at radius 3 is 2.52 bits per heavy atom. The highest BCUT2D eigenvalue weighted by molar-refractivity contribution is 6.30. The largest absolute Gasteiger partial charge is 0.416 e. The van der Waals surface area contributed by atoms with Gasteiger partial charge in [-0.3, -0.25) is 9.59 Å². The third-order valence-electron chi connectivity index (χ3n) is 5.92. The fraction of sp³-hybridized carbons (Fsp3) is 0.391. The van der Waals surface area contributed by atoms with Crippen LogP contribution < -0.4 is 9.64 Å². The van der Waals surface area contributed by atoms with Gasteiger partial charge in [-0.1, -0.05) is 31.5 Å². The van der Waals surface area contributed by atoms with E-state index in [1.807, 2.05) is 32.0 Å².